The zero-order chi connectivity index (χ0) is 15.8. The van der Waals surface area contributed by atoms with E-state index in [1.807, 2.05) is 30.3 Å². The summed E-state index contributed by atoms with van der Waals surface area (Å²) in [4.78, 5) is 26.0. The Morgan fingerprint density at radius 3 is 2.82 bits per heavy atom. The average molecular weight is 339 g/mol. The molecule has 0 aliphatic carbocycles. The predicted octanol–water partition coefficient (Wildman–Crippen LogP) is 3.37. The number of rotatable bonds is 6. The third-order valence-corrected chi connectivity index (χ3v) is 4.88. The molecule has 1 aliphatic rings. The molecule has 120 valence electrons. The van der Waals surface area contributed by atoms with Crippen molar-refractivity contribution in [3.8, 4) is 0 Å². The summed E-state index contributed by atoms with van der Waals surface area (Å²) >= 11 is 5.43. The molecule has 0 saturated carbocycles. The van der Waals surface area contributed by atoms with E-state index in [4.69, 9.17) is 4.74 Å². The maximum absolute atomic E-state index is 12.2. The van der Waals surface area contributed by atoms with Gasteiger partial charge in [-0.05, 0) is 30.6 Å². The van der Waals surface area contributed by atoms with Crippen molar-refractivity contribution >= 4 is 35.6 Å². The Kier molecular flexibility index (Phi) is 7.12. The van der Waals surface area contributed by atoms with E-state index in [9.17, 15) is 9.59 Å². The maximum Gasteiger partial charge on any atom is 0.410 e. The van der Waals surface area contributed by atoms with Gasteiger partial charge in [-0.25, -0.2) is 4.79 Å². The summed E-state index contributed by atoms with van der Waals surface area (Å²) in [5.41, 5.74) is 0.945. The predicted molar refractivity (Wildman–Crippen MR) is 92.3 cm³/mol. The van der Waals surface area contributed by atoms with Gasteiger partial charge in [0, 0.05) is 12.3 Å². The van der Waals surface area contributed by atoms with Gasteiger partial charge in [-0.15, -0.1) is 0 Å². The maximum atomic E-state index is 12.2. The number of amides is 1. The van der Waals surface area contributed by atoms with Crippen molar-refractivity contribution in [3.05, 3.63) is 35.9 Å². The largest absolute Gasteiger partial charge is 0.445 e. The Balaban J connectivity index is 1.84. The van der Waals surface area contributed by atoms with Crippen LogP contribution in [0.3, 0.4) is 0 Å². The average Bonchev–Trinajstić information content (AvgIpc) is 3.03. The second-order valence-corrected chi connectivity index (χ2v) is 6.68. The first-order chi connectivity index (χ1) is 10.7. The summed E-state index contributed by atoms with van der Waals surface area (Å²) in [6, 6.07) is 9.21. The topological polar surface area (TPSA) is 46.6 Å². The molecule has 1 saturated heterocycles. The fraction of sp³-hybridized carbons (Fsp3) is 0.500. The number of benzene rings is 1. The van der Waals surface area contributed by atoms with Crippen LogP contribution in [0.25, 0.3) is 0 Å². The molecule has 0 aromatic heterocycles. The van der Waals surface area contributed by atoms with E-state index in [1.54, 1.807) is 4.90 Å². The van der Waals surface area contributed by atoms with Crippen molar-refractivity contribution in [2.24, 2.45) is 0 Å². The van der Waals surface area contributed by atoms with Crippen LogP contribution in [0.2, 0.25) is 0 Å². The Morgan fingerprint density at radius 1 is 1.32 bits per heavy atom. The second-order valence-electron chi connectivity index (χ2n) is 5.14. The Labute approximate surface area is 141 Å². The third-order valence-electron chi connectivity index (χ3n) is 3.51. The number of likely N-dealkylation sites (tertiary alicyclic amines) is 1. The lowest BCUT2D eigenvalue weighted by molar-refractivity contribution is -0.114. The first-order valence-corrected chi connectivity index (χ1v) is 9.09. The van der Waals surface area contributed by atoms with Crippen molar-refractivity contribution in [1.82, 2.24) is 4.90 Å². The molecule has 4 nitrogen and oxygen atoms in total. The van der Waals surface area contributed by atoms with Gasteiger partial charge >= 0.3 is 6.09 Å². The molecule has 0 spiro atoms. The molecule has 1 aromatic carbocycles. The lowest BCUT2D eigenvalue weighted by Crippen LogP contribution is -2.39. The smallest absolute Gasteiger partial charge is 0.410 e. The molecular weight excluding hydrogens is 318 g/mol. The van der Waals surface area contributed by atoms with Gasteiger partial charge in [-0.3, -0.25) is 9.69 Å². The number of thioether (sulfide) groups is 1. The summed E-state index contributed by atoms with van der Waals surface area (Å²) in [7, 11) is 0. The van der Waals surface area contributed by atoms with Crippen LogP contribution in [0.1, 0.15) is 24.8 Å². The van der Waals surface area contributed by atoms with Gasteiger partial charge in [-0.2, -0.15) is 12.6 Å². The van der Waals surface area contributed by atoms with E-state index in [2.05, 4.69) is 12.6 Å². The third kappa shape index (κ3) is 4.95. The minimum atomic E-state index is -0.394. The summed E-state index contributed by atoms with van der Waals surface area (Å²) < 4.78 is 5.33. The van der Waals surface area contributed by atoms with Crippen molar-refractivity contribution in [2.45, 2.75) is 31.9 Å². The highest BCUT2D eigenvalue weighted by Gasteiger charge is 2.34. The lowest BCUT2D eigenvalue weighted by Gasteiger charge is -2.22. The van der Waals surface area contributed by atoms with E-state index >= 15 is 0 Å². The van der Waals surface area contributed by atoms with Crippen molar-refractivity contribution < 1.29 is 14.3 Å². The van der Waals surface area contributed by atoms with Crippen LogP contribution in [0.5, 0.6) is 0 Å². The molecular formula is C16H21NO3S2. The Bertz CT molecular complexity index is 495. The van der Waals surface area contributed by atoms with Gasteiger partial charge in [0.05, 0.1) is 0 Å². The van der Waals surface area contributed by atoms with Gasteiger partial charge < -0.3 is 4.74 Å². The fourth-order valence-electron chi connectivity index (χ4n) is 2.37. The van der Waals surface area contributed by atoms with E-state index in [0.717, 1.165) is 36.3 Å². The standard InChI is InChI=1S/C16H21NO3S2/c18-15(22-11-5-10-21)14-8-4-9-17(14)16(19)20-12-13-6-2-1-3-7-13/h1-3,6-7,14,21H,4-5,8-12H2. The molecule has 1 aliphatic heterocycles. The van der Waals surface area contributed by atoms with Crippen LogP contribution in [-0.2, 0) is 16.1 Å². The normalized spacial score (nSPS) is 17.5. The molecule has 0 bridgehead atoms. The highest BCUT2D eigenvalue weighted by Crippen LogP contribution is 2.24. The monoisotopic (exact) mass is 339 g/mol. The van der Waals surface area contributed by atoms with E-state index < -0.39 is 6.09 Å². The molecule has 6 heteroatoms. The quantitative estimate of drug-likeness (QED) is 0.638. The molecule has 1 atom stereocenters. The lowest BCUT2D eigenvalue weighted by atomic mass is 10.2. The van der Waals surface area contributed by atoms with Crippen LogP contribution in [0.15, 0.2) is 30.3 Å². The fourth-order valence-corrected chi connectivity index (χ4v) is 3.67. The summed E-state index contributed by atoms with van der Waals surface area (Å²) in [5, 5.41) is 0.0657. The molecule has 22 heavy (non-hydrogen) atoms. The zero-order valence-electron chi connectivity index (χ0n) is 12.4. The van der Waals surface area contributed by atoms with Crippen LogP contribution >= 0.6 is 24.4 Å². The van der Waals surface area contributed by atoms with Gasteiger partial charge in [0.2, 0.25) is 5.12 Å². The van der Waals surface area contributed by atoms with Crippen LogP contribution in [-0.4, -0.2) is 40.2 Å². The van der Waals surface area contributed by atoms with Gasteiger partial charge in [-0.1, -0.05) is 42.1 Å². The molecule has 2 rings (SSSR count). The van der Waals surface area contributed by atoms with Gasteiger partial charge in [0.15, 0.2) is 0 Å². The molecule has 1 aromatic rings. The highest BCUT2D eigenvalue weighted by molar-refractivity contribution is 8.13. The van der Waals surface area contributed by atoms with E-state index in [-0.39, 0.29) is 17.8 Å². The second kappa shape index (κ2) is 9.10. The number of thiol groups is 1. The molecule has 0 N–H and O–H groups in total. The minimum Gasteiger partial charge on any atom is -0.445 e. The van der Waals surface area contributed by atoms with E-state index in [1.165, 1.54) is 11.8 Å². The summed E-state index contributed by atoms with van der Waals surface area (Å²) in [6.07, 6.45) is 2.08. The Morgan fingerprint density at radius 2 is 2.09 bits per heavy atom. The number of carbonyl (C=O) groups excluding carboxylic acids is 2. The number of hydrogen-bond acceptors (Lipinski definition) is 5. The van der Waals surface area contributed by atoms with Gasteiger partial charge in [0.1, 0.15) is 12.6 Å². The number of nitrogens with zero attached hydrogens (tertiary/aromatic N) is 1. The first-order valence-electron chi connectivity index (χ1n) is 7.47. The minimum absolute atomic E-state index is 0.0657. The zero-order valence-corrected chi connectivity index (χ0v) is 14.2. The van der Waals surface area contributed by atoms with Gasteiger partial charge in [0.25, 0.3) is 0 Å². The summed E-state index contributed by atoms with van der Waals surface area (Å²) in [6.45, 7) is 0.834. The molecule has 1 unspecified atom stereocenters. The van der Waals surface area contributed by atoms with Crippen molar-refractivity contribution in [3.63, 3.8) is 0 Å². The van der Waals surface area contributed by atoms with Crippen molar-refractivity contribution in [2.75, 3.05) is 18.1 Å². The molecule has 1 amide bonds. The Hall–Kier alpha value is -1.14. The van der Waals surface area contributed by atoms with Crippen molar-refractivity contribution in [1.29, 1.82) is 0 Å². The summed E-state index contributed by atoms with van der Waals surface area (Å²) in [5.74, 6) is 1.53. The van der Waals surface area contributed by atoms with Crippen LogP contribution in [0, 0.1) is 0 Å². The van der Waals surface area contributed by atoms with Crippen LogP contribution < -0.4 is 0 Å². The molecule has 1 heterocycles. The number of ether oxygens (including phenoxy) is 1. The van der Waals surface area contributed by atoms with Crippen LogP contribution in [0.4, 0.5) is 4.79 Å². The number of hydrogen-bond donors (Lipinski definition) is 1. The van der Waals surface area contributed by atoms with E-state index in [0.29, 0.717) is 6.54 Å². The first kappa shape index (κ1) is 17.2. The molecule has 1 fully saturated rings. The number of carbonyl (C=O) groups is 2. The SMILES string of the molecule is O=C(SCCCS)C1CCCN1C(=O)OCc1ccccc1. The molecule has 0 radical (unpaired) electrons. The highest BCUT2D eigenvalue weighted by atomic mass is 32.2.